The number of thiazole rings is 1. The molecule has 0 radical (unpaired) electrons. The molecule has 0 unspecified atom stereocenters. The summed E-state index contributed by atoms with van der Waals surface area (Å²) in [7, 11) is 1.73. The molecule has 0 spiro atoms. The Morgan fingerprint density at radius 3 is 2.59 bits per heavy atom. The van der Waals surface area contributed by atoms with Crippen LogP contribution in [-0.2, 0) is 11.8 Å². The molecule has 4 rings (SSSR count). The molecule has 4 aromatic rings. The van der Waals surface area contributed by atoms with Gasteiger partial charge in [-0.2, -0.15) is 10.1 Å². The number of aromatic nitrogens is 5. The van der Waals surface area contributed by atoms with Crippen LogP contribution < -0.4 is 16.4 Å². The first kappa shape index (κ1) is 21.1. The maximum Gasteiger partial charge on any atom is 0.300 e. The predicted octanol–water partition coefficient (Wildman–Crippen LogP) is 1.89. The zero-order chi connectivity index (χ0) is 23.0. The number of primary amides is 1. The number of hydrogen-bond donors (Lipinski definition) is 2. The van der Waals surface area contributed by atoms with Gasteiger partial charge in [0.25, 0.3) is 11.7 Å². The molecule has 0 aliphatic carbocycles. The Morgan fingerprint density at radius 2 is 1.97 bits per heavy atom. The minimum Gasteiger partial charge on any atom is -0.382 e. The first-order chi connectivity index (χ1) is 15.2. The van der Waals surface area contributed by atoms with Gasteiger partial charge in [-0.1, -0.05) is 16.5 Å². The van der Waals surface area contributed by atoms with Crippen molar-refractivity contribution in [3.05, 3.63) is 53.2 Å². The summed E-state index contributed by atoms with van der Waals surface area (Å²) in [6, 6.07) is 4.54. The number of nitrogens with zero attached hydrogens (tertiary/aromatic N) is 6. The number of nitrogen functional groups attached to an aromatic ring is 1. The monoisotopic (exact) mass is 456 g/mol. The van der Waals surface area contributed by atoms with Gasteiger partial charge in [-0.3, -0.25) is 14.3 Å². The molecular weight excluding hydrogens is 439 g/mol. The Hall–Kier alpha value is -4.13. The van der Waals surface area contributed by atoms with E-state index in [-0.39, 0.29) is 27.5 Å². The molecule has 0 saturated carbocycles. The van der Waals surface area contributed by atoms with Gasteiger partial charge in [0.2, 0.25) is 11.7 Å². The summed E-state index contributed by atoms with van der Waals surface area (Å²) >= 11 is 0.919. The summed E-state index contributed by atoms with van der Waals surface area (Å²) in [5.41, 5.74) is 12.5. The fourth-order valence-corrected chi connectivity index (χ4v) is 3.90. The SMILES string of the molecule is C[C@H](C(N)=O)N(c1ccc(F)cc1)c1nc(N)c(C(=O)c2nc(-c3cnn(C)c3)no2)s1. The van der Waals surface area contributed by atoms with Gasteiger partial charge in [0.05, 0.1) is 11.8 Å². The van der Waals surface area contributed by atoms with E-state index in [0.717, 1.165) is 11.3 Å². The smallest absolute Gasteiger partial charge is 0.300 e. The van der Waals surface area contributed by atoms with Gasteiger partial charge >= 0.3 is 0 Å². The number of carbonyl (C=O) groups is 2. The van der Waals surface area contributed by atoms with E-state index in [2.05, 4.69) is 20.2 Å². The fourth-order valence-electron chi connectivity index (χ4n) is 2.88. The number of benzene rings is 1. The predicted molar refractivity (Wildman–Crippen MR) is 114 cm³/mol. The molecule has 13 heteroatoms. The summed E-state index contributed by atoms with van der Waals surface area (Å²) in [5, 5.41) is 8.04. The van der Waals surface area contributed by atoms with Gasteiger partial charge in [-0.05, 0) is 31.2 Å². The van der Waals surface area contributed by atoms with Crippen LogP contribution in [0.3, 0.4) is 0 Å². The molecule has 0 bridgehead atoms. The third kappa shape index (κ3) is 3.92. The summed E-state index contributed by atoms with van der Waals surface area (Å²) in [4.78, 5) is 34.7. The molecule has 0 aliphatic rings. The van der Waals surface area contributed by atoms with Gasteiger partial charge < -0.3 is 20.9 Å². The topological polar surface area (TPSA) is 159 Å². The quantitative estimate of drug-likeness (QED) is 0.396. The highest BCUT2D eigenvalue weighted by atomic mass is 32.1. The number of nitrogens with two attached hydrogens (primary N) is 2. The minimum atomic E-state index is -0.852. The van der Waals surface area contributed by atoms with E-state index in [0.29, 0.717) is 11.3 Å². The summed E-state index contributed by atoms with van der Waals surface area (Å²) in [6.07, 6.45) is 3.20. The van der Waals surface area contributed by atoms with E-state index in [1.54, 1.807) is 24.9 Å². The molecule has 164 valence electrons. The van der Waals surface area contributed by atoms with Crippen molar-refractivity contribution in [2.75, 3.05) is 10.6 Å². The number of anilines is 3. The first-order valence-electron chi connectivity index (χ1n) is 9.22. The van der Waals surface area contributed by atoms with E-state index < -0.39 is 23.5 Å². The van der Waals surface area contributed by atoms with Crippen LogP contribution in [0, 0.1) is 5.82 Å². The largest absolute Gasteiger partial charge is 0.382 e. The average Bonchev–Trinajstić information content (AvgIpc) is 3.49. The second-order valence-corrected chi connectivity index (χ2v) is 7.77. The number of amides is 1. The Morgan fingerprint density at radius 1 is 1.25 bits per heavy atom. The molecule has 0 fully saturated rings. The molecule has 0 saturated heterocycles. The van der Waals surface area contributed by atoms with Crippen LogP contribution >= 0.6 is 11.3 Å². The van der Waals surface area contributed by atoms with Crippen LogP contribution in [-0.4, -0.2) is 42.6 Å². The highest BCUT2D eigenvalue weighted by Crippen LogP contribution is 2.36. The zero-order valence-corrected chi connectivity index (χ0v) is 17.7. The van der Waals surface area contributed by atoms with Gasteiger partial charge in [0, 0.05) is 18.9 Å². The lowest BCUT2D eigenvalue weighted by atomic mass is 10.2. The molecule has 0 aliphatic heterocycles. The Balaban J connectivity index is 1.69. The van der Waals surface area contributed by atoms with Crippen LogP contribution in [0.2, 0.25) is 0 Å². The van der Waals surface area contributed by atoms with Crippen LogP contribution in [0.1, 0.15) is 22.5 Å². The van der Waals surface area contributed by atoms with Crippen molar-refractivity contribution < 1.29 is 18.5 Å². The lowest BCUT2D eigenvalue weighted by Crippen LogP contribution is -2.39. The Labute approximate surface area is 184 Å². The molecule has 11 nitrogen and oxygen atoms in total. The van der Waals surface area contributed by atoms with Crippen molar-refractivity contribution in [1.29, 1.82) is 0 Å². The molecule has 1 atom stereocenters. The summed E-state index contributed by atoms with van der Waals surface area (Å²) in [6.45, 7) is 1.56. The highest BCUT2D eigenvalue weighted by Gasteiger charge is 2.29. The summed E-state index contributed by atoms with van der Waals surface area (Å²) < 4.78 is 20.0. The van der Waals surface area contributed by atoms with Gasteiger partial charge in [0.15, 0.2) is 5.13 Å². The second-order valence-electron chi connectivity index (χ2n) is 6.79. The molecule has 32 heavy (non-hydrogen) atoms. The van der Waals surface area contributed by atoms with Gasteiger partial charge in [-0.15, -0.1) is 0 Å². The van der Waals surface area contributed by atoms with E-state index in [1.165, 1.54) is 35.4 Å². The molecule has 4 N–H and O–H groups in total. The van der Waals surface area contributed by atoms with Crippen LogP contribution in [0.25, 0.3) is 11.4 Å². The highest BCUT2D eigenvalue weighted by molar-refractivity contribution is 7.18. The van der Waals surface area contributed by atoms with Gasteiger partial charge in [-0.25, -0.2) is 9.37 Å². The van der Waals surface area contributed by atoms with Crippen LogP contribution in [0.5, 0.6) is 0 Å². The number of hydrogen-bond acceptors (Lipinski definition) is 10. The number of carbonyl (C=O) groups excluding carboxylic acids is 2. The lowest BCUT2D eigenvalue weighted by Gasteiger charge is -2.26. The number of rotatable bonds is 7. The molecule has 3 aromatic heterocycles. The average molecular weight is 456 g/mol. The van der Waals surface area contributed by atoms with Crippen molar-refractivity contribution in [1.82, 2.24) is 24.9 Å². The van der Waals surface area contributed by atoms with E-state index in [9.17, 15) is 14.0 Å². The third-order valence-corrected chi connectivity index (χ3v) is 5.61. The first-order valence-corrected chi connectivity index (χ1v) is 10.0. The van der Waals surface area contributed by atoms with E-state index >= 15 is 0 Å². The summed E-state index contributed by atoms with van der Waals surface area (Å²) in [5.74, 6) is -1.88. The fraction of sp³-hybridized carbons (Fsp3) is 0.158. The van der Waals surface area contributed by atoms with E-state index in [4.69, 9.17) is 16.0 Å². The maximum atomic E-state index is 13.4. The van der Waals surface area contributed by atoms with Crippen molar-refractivity contribution in [3.8, 4) is 11.4 Å². The minimum absolute atomic E-state index is 0.0465. The normalized spacial score (nSPS) is 12.0. The standard InChI is InChI=1S/C19H17FN8O3S/c1-9(16(22)30)28(12-5-3-11(20)4-6-12)19-24-15(21)14(32-19)13(29)18-25-17(26-31-18)10-7-23-27(2)8-10/h3-9H,21H2,1-2H3,(H2,22,30)/t9-/m1/s1. The molecular formula is C19H17FN8O3S. The second kappa shape index (κ2) is 8.19. The van der Waals surface area contributed by atoms with Crippen molar-refractivity contribution in [3.63, 3.8) is 0 Å². The zero-order valence-electron chi connectivity index (χ0n) is 16.9. The number of aryl methyl sites for hydroxylation is 1. The maximum absolute atomic E-state index is 13.4. The van der Waals surface area contributed by atoms with Crippen molar-refractivity contribution in [2.24, 2.45) is 12.8 Å². The number of halogens is 1. The van der Waals surface area contributed by atoms with Crippen LogP contribution in [0.4, 0.5) is 21.0 Å². The van der Waals surface area contributed by atoms with Crippen molar-refractivity contribution >= 4 is 39.7 Å². The number of ketones is 1. The third-order valence-electron chi connectivity index (χ3n) is 4.54. The lowest BCUT2D eigenvalue weighted by molar-refractivity contribution is -0.118. The Bertz CT molecular complexity index is 1300. The molecule has 1 aromatic carbocycles. The molecule has 3 heterocycles. The molecule has 1 amide bonds. The van der Waals surface area contributed by atoms with Crippen molar-refractivity contribution in [2.45, 2.75) is 13.0 Å². The van der Waals surface area contributed by atoms with Crippen LogP contribution in [0.15, 0.2) is 41.2 Å². The van der Waals surface area contributed by atoms with Gasteiger partial charge in [0.1, 0.15) is 22.6 Å². The van der Waals surface area contributed by atoms with E-state index in [1.807, 2.05) is 0 Å². The Kier molecular flexibility index (Phi) is 5.40.